The Kier molecular flexibility index (Phi) is 2.58. The second kappa shape index (κ2) is 4.22. The van der Waals surface area contributed by atoms with Crippen LogP contribution in [0.1, 0.15) is 43.5 Å². The number of anilines is 1. The molecule has 2 aliphatic rings. The molecule has 2 aromatic rings. The molecular formula is C15H15ClFN3. The molecule has 1 aromatic heterocycles. The van der Waals surface area contributed by atoms with Crippen LogP contribution in [0.15, 0.2) is 18.2 Å². The second-order valence-corrected chi connectivity index (χ2v) is 6.09. The number of benzene rings is 1. The van der Waals surface area contributed by atoms with Gasteiger partial charge in [-0.3, -0.25) is 0 Å². The van der Waals surface area contributed by atoms with Gasteiger partial charge in [0.25, 0.3) is 0 Å². The van der Waals surface area contributed by atoms with Crippen LogP contribution in [0.2, 0.25) is 5.02 Å². The molecule has 0 bridgehead atoms. The summed E-state index contributed by atoms with van der Waals surface area (Å²) in [5.74, 6) is 1.66. The molecule has 0 unspecified atom stereocenters. The first-order chi connectivity index (χ1) is 9.66. The lowest BCUT2D eigenvalue weighted by atomic mass is 10.1. The average molecular weight is 292 g/mol. The van der Waals surface area contributed by atoms with Crippen molar-refractivity contribution in [2.24, 2.45) is 0 Å². The van der Waals surface area contributed by atoms with Gasteiger partial charge >= 0.3 is 0 Å². The molecule has 104 valence electrons. The molecule has 0 saturated heterocycles. The third-order valence-corrected chi connectivity index (χ3v) is 4.33. The second-order valence-electron chi connectivity index (χ2n) is 5.68. The van der Waals surface area contributed by atoms with E-state index in [1.165, 1.54) is 6.07 Å². The van der Waals surface area contributed by atoms with E-state index in [1.807, 2.05) is 0 Å². The van der Waals surface area contributed by atoms with E-state index in [0.717, 1.165) is 31.5 Å². The highest BCUT2D eigenvalue weighted by Crippen LogP contribution is 2.48. The molecule has 0 atom stereocenters. The van der Waals surface area contributed by atoms with Gasteiger partial charge in [0.2, 0.25) is 0 Å². The van der Waals surface area contributed by atoms with E-state index in [0.29, 0.717) is 29.0 Å². The van der Waals surface area contributed by atoms with Crippen LogP contribution in [0, 0.1) is 5.82 Å². The van der Waals surface area contributed by atoms with Gasteiger partial charge in [0.1, 0.15) is 17.3 Å². The van der Waals surface area contributed by atoms with Gasteiger partial charge in [-0.1, -0.05) is 17.7 Å². The van der Waals surface area contributed by atoms with Crippen LogP contribution in [0.3, 0.4) is 0 Å². The Labute approximate surface area is 121 Å². The van der Waals surface area contributed by atoms with Crippen molar-refractivity contribution in [1.29, 1.82) is 0 Å². The summed E-state index contributed by atoms with van der Waals surface area (Å²) in [4.78, 5) is 4.64. The van der Waals surface area contributed by atoms with Crippen molar-refractivity contribution < 1.29 is 4.39 Å². The number of rotatable bonds is 3. The van der Waals surface area contributed by atoms with Crippen LogP contribution < -0.4 is 5.73 Å². The van der Waals surface area contributed by atoms with Crippen LogP contribution in [0.5, 0.6) is 0 Å². The highest BCUT2D eigenvalue weighted by Gasteiger charge is 2.37. The SMILES string of the molecule is Nc1c(-c2cccc(Cl)c2F)nc(C2CC2)n1C1CC1. The van der Waals surface area contributed by atoms with E-state index in [1.54, 1.807) is 12.1 Å². The molecule has 0 radical (unpaired) electrons. The topological polar surface area (TPSA) is 43.8 Å². The Hall–Kier alpha value is -1.55. The molecular weight excluding hydrogens is 277 g/mol. The van der Waals surface area contributed by atoms with Crippen LogP contribution >= 0.6 is 11.6 Å². The standard InChI is InChI=1S/C15H15ClFN3/c16-11-3-1-2-10(12(11)17)13-14(18)20(9-6-7-9)15(19-13)8-4-5-8/h1-3,8-9H,4-7,18H2. The lowest BCUT2D eigenvalue weighted by Crippen LogP contribution is -2.04. The molecule has 3 nitrogen and oxygen atoms in total. The molecule has 0 amide bonds. The molecule has 2 saturated carbocycles. The summed E-state index contributed by atoms with van der Waals surface area (Å²) in [6.45, 7) is 0. The predicted octanol–water partition coefficient (Wildman–Crippen LogP) is 4.14. The van der Waals surface area contributed by atoms with E-state index in [2.05, 4.69) is 9.55 Å². The zero-order valence-corrected chi connectivity index (χ0v) is 11.7. The number of aromatic nitrogens is 2. The van der Waals surface area contributed by atoms with Crippen molar-refractivity contribution in [1.82, 2.24) is 9.55 Å². The van der Waals surface area contributed by atoms with E-state index < -0.39 is 5.82 Å². The van der Waals surface area contributed by atoms with Crippen molar-refractivity contribution in [3.05, 3.63) is 34.9 Å². The quantitative estimate of drug-likeness (QED) is 0.924. The summed E-state index contributed by atoms with van der Waals surface area (Å²) in [6, 6.07) is 5.41. The summed E-state index contributed by atoms with van der Waals surface area (Å²) < 4.78 is 16.3. The molecule has 20 heavy (non-hydrogen) atoms. The van der Waals surface area contributed by atoms with Gasteiger partial charge in [0.15, 0.2) is 5.82 Å². The van der Waals surface area contributed by atoms with Crippen molar-refractivity contribution in [3.63, 3.8) is 0 Å². The fourth-order valence-corrected chi connectivity index (χ4v) is 2.87. The molecule has 5 heteroatoms. The average Bonchev–Trinajstić information content (AvgIpc) is 3.32. The molecule has 0 aliphatic heterocycles. The van der Waals surface area contributed by atoms with E-state index in [-0.39, 0.29) is 5.02 Å². The summed E-state index contributed by atoms with van der Waals surface area (Å²) in [5, 5.41) is 0.107. The minimum atomic E-state index is -0.441. The predicted molar refractivity (Wildman–Crippen MR) is 77.3 cm³/mol. The third-order valence-electron chi connectivity index (χ3n) is 4.04. The van der Waals surface area contributed by atoms with Crippen molar-refractivity contribution in [2.45, 2.75) is 37.6 Å². The number of hydrogen-bond acceptors (Lipinski definition) is 2. The molecule has 0 spiro atoms. The Bertz CT molecular complexity index is 687. The fraction of sp³-hybridized carbons (Fsp3) is 0.400. The smallest absolute Gasteiger partial charge is 0.151 e. The number of nitrogens with zero attached hydrogens (tertiary/aromatic N) is 2. The summed E-state index contributed by atoms with van der Waals surface area (Å²) in [6.07, 6.45) is 4.58. The van der Waals surface area contributed by atoms with Gasteiger partial charge in [-0.05, 0) is 37.8 Å². The maximum absolute atomic E-state index is 14.2. The normalized spacial score (nSPS) is 18.5. The maximum atomic E-state index is 14.2. The number of nitrogen functional groups attached to an aromatic ring is 1. The van der Waals surface area contributed by atoms with Gasteiger partial charge in [0, 0.05) is 17.5 Å². The van der Waals surface area contributed by atoms with Gasteiger partial charge in [-0.2, -0.15) is 0 Å². The molecule has 2 fully saturated rings. The van der Waals surface area contributed by atoms with Crippen LogP contribution in [-0.2, 0) is 0 Å². The maximum Gasteiger partial charge on any atom is 0.151 e. The fourth-order valence-electron chi connectivity index (χ4n) is 2.69. The number of halogens is 2. The first kappa shape index (κ1) is 12.2. The van der Waals surface area contributed by atoms with E-state index >= 15 is 0 Å². The first-order valence-corrected chi connectivity index (χ1v) is 7.36. The molecule has 2 aliphatic carbocycles. The molecule has 2 N–H and O–H groups in total. The molecule has 1 heterocycles. The van der Waals surface area contributed by atoms with Crippen molar-refractivity contribution >= 4 is 17.4 Å². The lowest BCUT2D eigenvalue weighted by Gasteiger charge is -2.07. The Morgan fingerprint density at radius 2 is 2.00 bits per heavy atom. The van der Waals surface area contributed by atoms with Crippen LogP contribution in [0.25, 0.3) is 11.3 Å². The summed E-state index contributed by atoms with van der Waals surface area (Å²) >= 11 is 5.86. The monoisotopic (exact) mass is 291 g/mol. The minimum Gasteiger partial charge on any atom is -0.383 e. The van der Waals surface area contributed by atoms with E-state index in [4.69, 9.17) is 17.3 Å². The van der Waals surface area contributed by atoms with Gasteiger partial charge in [-0.25, -0.2) is 9.37 Å². The van der Waals surface area contributed by atoms with Crippen LogP contribution in [0.4, 0.5) is 10.2 Å². The van der Waals surface area contributed by atoms with Crippen LogP contribution in [-0.4, -0.2) is 9.55 Å². The number of nitrogens with two attached hydrogens (primary N) is 1. The summed E-state index contributed by atoms with van der Waals surface area (Å²) in [7, 11) is 0. The first-order valence-electron chi connectivity index (χ1n) is 6.98. The Morgan fingerprint density at radius 1 is 1.25 bits per heavy atom. The van der Waals surface area contributed by atoms with Gasteiger partial charge < -0.3 is 10.3 Å². The molecule has 1 aromatic carbocycles. The summed E-state index contributed by atoms with van der Waals surface area (Å²) in [5.41, 5.74) is 7.19. The van der Waals surface area contributed by atoms with Crippen molar-refractivity contribution in [3.8, 4) is 11.3 Å². The Morgan fingerprint density at radius 3 is 2.65 bits per heavy atom. The van der Waals surface area contributed by atoms with Gasteiger partial charge in [-0.15, -0.1) is 0 Å². The lowest BCUT2D eigenvalue weighted by molar-refractivity contribution is 0.631. The zero-order chi connectivity index (χ0) is 13.9. The third kappa shape index (κ3) is 1.82. The number of imidazole rings is 1. The zero-order valence-electron chi connectivity index (χ0n) is 10.9. The molecule has 4 rings (SSSR count). The largest absolute Gasteiger partial charge is 0.383 e. The number of hydrogen-bond donors (Lipinski definition) is 1. The minimum absolute atomic E-state index is 0.107. The van der Waals surface area contributed by atoms with E-state index in [9.17, 15) is 4.39 Å². The Balaban J connectivity index is 1.89. The highest BCUT2D eigenvalue weighted by molar-refractivity contribution is 6.31. The highest BCUT2D eigenvalue weighted by atomic mass is 35.5. The van der Waals surface area contributed by atoms with Crippen molar-refractivity contribution in [2.75, 3.05) is 5.73 Å². The van der Waals surface area contributed by atoms with Gasteiger partial charge in [0.05, 0.1) is 5.02 Å².